The van der Waals surface area contributed by atoms with Crippen LogP contribution in [0, 0.1) is 6.92 Å². The number of thioether (sulfide) groups is 1. The molecule has 1 atom stereocenters. The van der Waals surface area contributed by atoms with Crippen molar-refractivity contribution in [1.29, 1.82) is 0 Å². The molecule has 1 amide bonds. The van der Waals surface area contributed by atoms with Crippen molar-refractivity contribution < 1.29 is 14.3 Å². The first-order valence-electron chi connectivity index (χ1n) is 7.84. The average Bonchev–Trinajstić information content (AvgIpc) is 2.92. The highest BCUT2D eigenvalue weighted by Crippen LogP contribution is 2.37. The fourth-order valence-electron chi connectivity index (χ4n) is 2.57. The lowest BCUT2D eigenvalue weighted by Crippen LogP contribution is -2.35. The minimum Gasteiger partial charge on any atom is -0.451 e. The third-order valence-corrected chi connectivity index (χ3v) is 6.03. The maximum absolute atomic E-state index is 12.6. The van der Waals surface area contributed by atoms with E-state index in [1.807, 2.05) is 37.3 Å². The van der Waals surface area contributed by atoms with Crippen LogP contribution in [0.1, 0.15) is 27.9 Å². The van der Waals surface area contributed by atoms with Crippen molar-refractivity contribution in [3.63, 3.8) is 0 Å². The van der Waals surface area contributed by atoms with E-state index in [0.717, 1.165) is 21.9 Å². The summed E-state index contributed by atoms with van der Waals surface area (Å²) in [6, 6.07) is 11.5. The van der Waals surface area contributed by atoms with E-state index >= 15 is 0 Å². The fraction of sp³-hybridized carbons (Fsp3) is 0.333. The van der Waals surface area contributed by atoms with Crippen LogP contribution in [-0.2, 0) is 9.53 Å². The van der Waals surface area contributed by atoms with Crippen LogP contribution in [-0.4, -0.2) is 30.3 Å². The van der Waals surface area contributed by atoms with Crippen LogP contribution in [0.5, 0.6) is 0 Å². The highest BCUT2D eigenvalue weighted by molar-refractivity contribution is 8.00. The summed E-state index contributed by atoms with van der Waals surface area (Å²) in [6.45, 7) is 4.50. The second kappa shape index (κ2) is 7.40. The maximum Gasteiger partial charge on any atom is 0.348 e. The number of para-hydroxylation sites is 1. The maximum atomic E-state index is 12.6. The van der Waals surface area contributed by atoms with Crippen LogP contribution in [0.4, 0.5) is 5.69 Å². The lowest BCUT2D eigenvalue weighted by atomic mass is 10.2. The van der Waals surface area contributed by atoms with Gasteiger partial charge in [0.2, 0.25) is 0 Å². The zero-order valence-corrected chi connectivity index (χ0v) is 15.3. The molecular weight excluding hydrogens is 342 g/mol. The van der Waals surface area contributed by atoms with E-state index in [0.29, 0.717) is 16.7 Å². The molecule has 3 rings (SSSR count). The smallest absolute Gasteiger partial charge is 0.348 e. The van der Waals surface area contributed by atoms with Crippen LogP contribution in [0.2, 0.25) is 0 Å². The Morgan fingerprint density at radius 2 is 2.04 bits per heavy atom. The summed E-state index contributed by atoms with van der Waals surface area (Å²) < 4.78 is 5.21. The van der Waals surface area contributed by atoms with Gasteiger partial charge in [0.1, 0.15) is 4.88 Å². The highest BCUT2D eigenvalue weighted by Gasteiger charge is 2.25. The quantitative estimate of drug-likeness (QED) is 0.771. The van der Waals surface area contributed by atoms with Gasteiger partial charge >= 0.3 is 5.97 Å². The summed E-state index contributed by atoms with van der Waals surface area (Å²) in [4.78, 5) is 29.0. The third-order valence-electron chi connectivity index (χ3n) is 3.81. The van der Waals surface area contributed by atoms with Gasteiger partial charge in [-0.3, -0.25) is 4.79 Å². The number of aryl methyl sites for hydroxylation is 1. The van der Waals surface area contributed by atoms with E-state index in [1.54, 1.807) is 22.7 Å². The molecule has 0 fully saturated rings. The molecule has 0 radical (unpaired) electrons. The number of anilines is 1. The molecule has 0 saturated heterocycles. The minimum absolute atomic E-state index is 0.182. The lowest BCUT2D eigenvalue weighted by Gasteiger charge is -2.22. The number of carbonyl (C=O) groups excluding carboxylic acids is 2. The number of esters is 1. The topological polar surface area (TPSA) is 46.6 Å². The van der Waals surface area contributed by atoms with Gasteiger partial charge in [-0.05, 0) is 37.6 Å². The van der Waals surface area contributed by atoms with Crippen molar-refractivity contribution >= 4 is 40.7 Å². The molecule has 1 aliphatic rings. The van der Waals surface area contributed by atoms with E-state index in [2.05, 4.69) is 6.92 Å². The van der Waals surface area contributed by atoms with Gasteiger partial charge in [0.05, 0.1) is 5.69 Å². The number of benzene rings is 1. The zero-order chi connectivity index (χ0) is 17.1. The summed E-state index contributed by atoms with van der Waals surface area (Å²) in [5.41, 5.74) is 0.903. The molecule has 126 valence electrons. The first-order chi connectivity index (χ1) is 11.5. The second-order valence-electron chi connectivity index (χ2n) is 5.72. The third kappa shape index (κ3) is 3.82. The van der Waals surface area contributed by atoms with Crippen LogP contribution in [0.15, 0.2) is 41.3 Å². The van der Waals surface area contributed by atoms with Crippen molar-refractivity contribution in [2.75, 3.05) is 18.1 Å². The van der Waals surface area contributed by atoms with Gasteiger partial charge in [0.25, 0.3) is 5.91 Å². The largest absolute Gasteiger partial charge is 0.451 e. The number of ether oxygens (including phenoxy) is 1. The summed E-state index contributed by atoms with van der Waals surface area (Å²) in [6.07, 6.45) is 0.906. The number of carbonyl (C=O) groups is 2. The average molecular weight is 361 g/mol. The molecule has 24 heavy (non-hydrogen) atoms. The van der Waals surface area contributed by atoms with Gasteiger partial charge in [0.15, 0.2) is 6.61 Å². The van der Waals surface area contributed by atoms with Crippen molar-refractivity contribution in [3.8, 4) is 0 Å². The monoisotopic (exact) mass is 361 g/mol. The predicted octanol–water partition coefficient (Wildman–Crippen LogP) is 4.13. The minimum atomic E-state index is -0.438. The number of hydrogen-bond donors (Lipinski definition) is 0. The summed E-state index contributed by atoms with van der Waals surface area (Å²) in [7, 11) is 0. The molecule has 0 saturated carbocycles. The molecule has 4 nitrogen and oxygen atoms in total. The Labute approximate surface area is 149 Å². The first kappa shape index (κ1) is 17.0. The van der Waals surface area contributed by atoms with Crippen LogP contribution in [0.25, 0.3) is 0 Å². The lowest BCUT2D eigenvalue weighted by molar-refractivity contribution is -0.121. The van der Waals surface area contributed by atoms with E-state index < -0.39 is 5.97 Å². The van der Waals surface area contributed by atoms with Gasteiger partial charge in [-0.15, -0.1) is 23.1 Å². The van der Waals surface area contributed by atoms with Crippen LogP contribution in [0.3, 0.4) is 0 Å². The van der Waals surface area contributed by atoms with Crippen molar-refractivity contribution in [3.05, 3.63) is 46.2 Å². The van der Waals surface area contributed by atoms with Gasteiger partial charge in [-0.2, -0.15) is 0 Å². The summed E-state index contributed by atoms with van der Waals surface area (Å²) in [5, 5.41) is 0.445. The molecule has 6 heteroatoms. The van der Waals surface area contributed by atoms with Gasteiger partial charge < -0.3 is 9.64 Å². The Kier molecular flexibility index (Phi) is 5.26. The number of thiophene rings is 1. The van der Waals surface area contributed by atoms with Gasteiger partial charge in [-0.1, -0.05) is 19.1 Å². The zero-order valence-electron chi connectivity index (χ0n) is 13.7. The SMILES string of the molecule is Cc1ccc(C(=O)OCC(=O)N2CCC(C)Sc3ccccc32)s1. The Morgan fingerprint density at radius 3 is 2.79 bits per heavy atom. The Bertz CT molecular complexity index is 756. The van der Waals surface area contributed by atoms with E-state index in [1.165, 1.54) is 11.3 Å². The first-order valence-corrected chi connectivity index (χ1v) is 9.54. The van der Waals surface area contributed by atoms with Gasteiger partial charge in [0, 0.05) is 21.6 Å². The molecule has 1 aliphatic heterocycles. The van der Waals surface area contributed by atoms with Crippen molar-refractivity contribution in [1.82, 2.24) is 0 Å². The molecule has 1 aromatic carbocycles. The van der Waals surface area contributed by atoms with Crippen molar-refractivity contribution in [2.24, 2.45) is 0 Å². The molecule has 2 aromatic rings. The van der Waals surface area contributed by atoms with Crippen LogP contribution < -0.4 is 4.90 Å². The summed E-state index contributed by atoms with van der Waals surface area (Å²) >= 11 is 3.15. The second-order valence-corrected chi connectivity index (χ2v) is 8.48. The highest BCUT2D eigenvalue weighted by atomic mass is 32.2. The van der Waals surface area contributed by atoms with E-state index in [4.69, 9.17) is 4.74 Å². The molecule has 0 bridgehead atoms. The molecule has 2 heterocycles. The van der Waals surface area contributed by atoms with Crippen molar-refractivity contribution in [2.45, 2.75) is 30.4 Å². The normalized spacial score (nSPS) is 17.1. The van der Waals surface area contributed by atoms with Crippen LogP contribution >= 0.6 is 23.1 Å². The molecule has 0 spiro atoms. The number of rotatable bonds is 3. The summed E-state index contributed by atoms with van der Waals surface area (Å²) in [5.74, 6) is -0.619. The molecule has 1 aromatic heterocycles. The number of hydrogen-bond acceptors (Lipinski definition) is 5. The number of amides is 1. The standard InChI is InChI=1S/C18H19NO3S2/c1-12-7-8-16(24-12)18(21)22-11-17(20)19-10-9-13(2)23-15-6-4-3-5-14(15)19/h3-8,13H,9-11H2,1-2H3. The molecule has 0 aliphatic carbocycles. The Hall–Kier alpha value is -1.79. The van der Waals surface area contributed by atoms with Gasteiger partial charge in [-0.25, -0.2) is 4.79 Å². The predicted molar refractivity (Wildman–Crippen MR) is 98.1 cm³/mol. The Morgan fingerprint density at radius 1 is 1.25 bits per heavy atom. The molecule has 0 N–H and O–H groups in total. The number of fused-ring (bicyclic) bond motifs is 1. The van der Waals surface area contributed by atoms with E-state index in [-0.39, 0.29) is 12.5 Å². The Balaban J connectivity index is 1.69. The molecular formula is C18H19NO3S2. The fourth-order valence-corrected chi connectivity index (χ4v) is 4.44. The molecule has 1 unspecified atom stereocenters. The number of nitrogens with zero attached hydrogens (tertiary/aromatic N) is 1. The van der Waals surface area contributed by atoms with E-state index in [9.17, 15) is 9.59 Å².